The highest BCUT2D eigenvalue weighted by molar-refractivity contribution is 5.68. The van der Waals surface area contributed by atoms with Gasteiger partial charge in [-0.05, 0) is 14.1 Å². The smallest absolute Gasteiger partial charge is 0.303 e. The number of rotatable bonds is 5. The summed E-state index contributed by atoms with van der Waals surface area (Å²) in [6.45, 7) is 3.87. The van der Waals surface area contributed by atoms with Crippen molar-refractivity contribution >= 4 is 17.9 Å². The first-order valence-electron chi connectivity index (χ1n) is 7.76. The summed E-state index contributed by atoms with van der Waals surface area (Å²) in [5.74, 6) is -1.88. The highest BCUT2D eigenvalue weighted by Gasteiger charge is 2.59. The summed E-state index contributed by atoms with van der Waals surface area (Å²) < 4.78 is 21.8. The number of esters is 3. The van der Waals surface area contributed by atoms with Gasteiger partial charge >= 0.3 is 17.9 Å². The van der Waals surface area contributed by atoms with Crippen LogP contribution in [0.2, 0.25) is 0 Å². The van der Waals surface area contributed by atoms with Crippen molar-refractivity contribution < 1.29 is 33.3 Å². The van der Waals surface area contributed by atoms with Crippen molar-refractivity contribution in [1.82, 2.24) is 10.2 Å². The van der Waals surface area contributed by atoms with Crippen LogP contribution < -0.4 is 5.32 Å². The molecular formula is C15H24N2O7. The lowest BCUT2D eigenvalue weighted by molar-refractivity contribution is -0.171. The van der Waals surface area contributed by atoms with E-state index in [4.69, 9.17) is 18.9 Å². The second-order valence-electron chi connectivity index (χ2n) is 6.22. The number of ether oxygens (including phenoxy) is 4. The molecule has 1 aliphatic carbocycles. The molecule has 0 aromatic rings. The van der Waals surface area contributed by atoms with E-state index < -0.39 is 42.1 Å². The number of carbonyl (C=O) groups excluding carboxylic acids is 3. The highest BCUT2D eigenvalue weighted by Crippen LogP contribution is 2.38. The number of carbonyl (C=O) groups is 3. The molecule has 0 radical (unpaired) electrons. The van der Waals surface area contributed by atoms with Gasteiger partial charge in [0.25, 0.3) is 0 Å². The first kappa shape index (κ1) is 18.6. The zero-order chi connectivity index (χ0) is 18.0. The number of nitrogens with zero attached hydrogens (tertiary/aromatic N) is 1. The average Bonchev–Trinajstić information content (AvgIpc) is 2.96. The minimum Gasteiger partial charge on any atom is -0.465 e. The van der Waals surface area contributed by atoms with Crippen molar-refractivity contribution in [2.45, 2.75) is 51.5 Å². The number of nitrogens with one attached hydrogen (secondary N) is 1. The minimum atomic E-state index is -0.753. The van der Waals surface area contributed by atoms with E-state index in [-0.39, 0.29) is 19.0 Å². The minimum absolute atomic E-state index is 0.00798. The molecule has 2 aliphatic rings. The first-order valence-corrected chi connectivity index (χ1v) is 7.76. The van der Waals surface area contributed by atoms with Crippen molar-refractivity contribution in [3.05, 3.63) is 0 Å². The van der Waals surface area contributed by atoms with E-state index in [2.05, 4.69) is 5.32 Å². The molecule has 9 heteroatoms. The molecule has 2 fully saturated rings. The predicted octanol–water partition coefficient (Wildman–Crippen LogP) is -0.755. The zero-order valence-corrected chi connectivity index (χ0v) is 14.5. The lowest BCUT2D eigenvalue weighted by Crippen LogP contribution is -2.49. The summed E-state index contributed by atoms with van der Waals surface area (Å²) in [6, 6.07) is -0.369. The fourth-order valence-corrected chi connectivity index (χ4v) is 3.17. The van der Waals surface area contributed by atoms with E-state index in [0.29, 0.717) is 0 Å². The second kappa shape index (κ2) is 7.45. The van der Waals surface area contributed by atoms with Gasteiger partial charge in [-0.1, -0.05) is 0 Å². The average molecular weight is 344 g/mol. The second-order valence-corrected chi connectivity index (χ2v) is 6.22. The molecule has 0 amide bonds. The van der Waals surface area contributed by atoms with Gasteiger partial charge < -0.3 is 18.9 Å². The molecule has 0 spiro atoms. The first-order chi connectivity index (χ1) is 11.2. The molecule has 1 heterocycles. The van der Waals surface area contributed by atoms with Crippen LogP contribution in [0.3, 0.4) is 0 Å². The van der Waals surface area contributed by atoms with Crippen molar-refractivity contribution in [2.24, 2.45) is 5.92 Å². The SMILES string of the molecule is CC(=O)OCC1C2OC(N(C)C)NC2C(OC(C)=O)C1OC(C)=O. The third kappa shape index (κ3) is 4.03. The van der Waals surface area contributed by atoms with Gasteiger partial charge in [0.1, 0.15) is 12.7 Å². The summed E-state index contributed by atoms with van der Waals surface area (Å²) in [5, 5.41) is 3.22. The van der Waals surface area contributed by atoms with Crippen LogP contribution in [0.5, 0.6) is 0 Å². The summed E-state index contributed by atoms with van der Waals surface area (Å²) in [6.07, 6.45) is -2.28. The summed E-state index contributed by atoms with van der Waals surface area (Å²) >= 11 is 0. The Bertz CT molecular complexity index is 510. The molecule has 0 aromatic carbocycles. The maximum atomic E-state index is 11.5. The van der Waals surface area contributed by atoms with Crippen LogP contribution in [0.4, 0.5) is 0 Å². The van der Waals surface area contributed by atoms with E-state index >= 15 is 0 Å². The topological polar surface area (TPSA) is 103 Å². The summed E-state index contributed by atoms with van der Waals surface area (Å²) in [4.78, 5) is 35.9. The number of hydrogen-bond donors (Lipinski definition) is 1. The van der Waals surface area contributed by atoms with Crippen LogP contribution >= 0.6 is 0 Å². The van der Waals surface area contributed by atoms with E-state index in [1.165, 1.54) is 20.8 Å². The molecule has 1 N–H and O–H groups in total. The molecule has 1 aliphatic heterocycles. The van der Waals surface area contributed by atoms with Gasteiger partial charge in [0, 0.05) is 20.8 Å². The fraction of sp³-hybridized carbons (Fsp3) is 0.800. The Hall–Kier alpha value is -1.71. The Balaban J connectivity index is 2.26. The van der Waals surface area contributed by atoms with Crippen LogP contribution in [-0.2, 0) is 33.3 Å². The Morgan fingerprint density at radius 3 is 2.08 bits per heavy atom. The van der Waals surface area contributed by atoms with Crippen LogP contribution in [0.1, 0.15) is 20.8 Å². The largest absolute Gasteiger partial charge is 0.465 e. The zero-order valence-electron chi connectivity index (χ0n) is 14.5. The molecule has 2 rings (SSSR count). The summed E-state index contributed by atoms with van der Waals surface area (Å²) in [5.41, 5.74) is 0. The van der Waals surface area contributed by atoms with Crippen LogP contribution in [0.15, 0.2) is 0 Å². The van der Waals surface area contributed by atoms with Crippen molar-refractivity contribution in [3.63, 3.8) is 0 Å². The fourth-order valence-electron chi connectivity index (χ4n) is 3.17. The lowest BCUT2D eigenvalue weighted by atomic mass is 10.0. The van der Waals surface area contributed by atoms with Gasteiger partial charge in [-0.15, -0.1) is 0 Å². The maximum absolute atomic E-state index is 11.5. The normalized spacial score (nSPS) is 34.8. The third-order valence-electron chi connectivity index (χ3n) is 4.05. The van der Waals surface area contributed by atoms with Gasteiger partial charge in [0.2, 0.25) is 0 Å². The monoisotopic (exact) mass is 344 g/mol. The third-order valence-corrected chi connectivity index (χ3v) is 4.05. The Labute approximate surface area is 140 Å². The van der Waals surface area contributed by atoms with Crippen LogP contribution in [0, 0.1) is 5.92 Å². The molecule has 9 nitrogen and oxygen atoms in total. The van der Waals surface area contributed by atoms with Crippen molar-refractivity contribution in [2.75, 3.05) is 20.7 Å². The van der Waals surface area contributed by atoms with Gasteiger partial charge in [0.05, 0.1) is 18.1 Å². The Morgan fingerprint density at radius 1 is 1.00 bits per heavy atom. The van der Waals surface area contributed by atoms with E-state index in [0.717, 1.165) is 0 Å². The summed E-state index contributed by atoms with van der Waals surface area (Å²) in [7, 11) is 3.67. The predicted molar refractivity (Wildman–Crippen MR) is 80.5 cm³/mol. The van der Waals surface area contributed by atoms with E-state index in [9.17, 15) is 14.4 Å². The van der Waals surface area contributed by atoms with E-state index in [1.54, 1.807) is 0 Å². The lowest BCUT2D eigenvalue weighted by Gasteiger charge is -2.29. The van der Waals surface area contributed by atoms with Crippen LogP contribution in [-0.4, -0.2) is 74.2 Å². The van der Waals surface area contributed by atoms with Crippen molar-refractivity contribution in [1.29, 1.82) is 0 Å². The van der Waals surface area contributed by atoms with E-state index in [1.807, 2.05) is 19.0 Å². The Morgan fingerprint density at radius 2 is 1.58 bits per heavy atom. The quantitative estimate of drug-likeness (QED) is 0.509. The molecule has 0 aromatic heterocycles. The maximum Gasteiger partial charge on any atom is 0.303 e. The number of hydrogen-bond acceptors (Lipinski definition) is 9. The molecule has 1 saturated heterocycles. The molecule has 136 valence electrons. The molecule has 0 bridgehead atoms. The number of fused-ring (bicyclic) bond motifs is 1. The molecule has 6 unspecified atom stereocenters. The van der Waals surface area contributed by atoms with Gasteiger partial charge in [0.15, 0.2) is 12.5 Å². The Kier molecular flexibility index (Phi) is 5.79. The van der Waals surface area contributed by atoms with Gasteiger partial charge in [-0.25, -0.2) is 0 Å². The van der Waals surface area contributed by atoms with Crippen LogP contribution in [0.25, 0.3) is 0 Å². The van der Waals surface area contributed by atoms with Gasteiger partial charge in [-0.3, -0.25) is 24.6 Å². The molecule has 6 atom stereocenters. The van der Waals surface area contributed by atoms with Gasteiger partial charge in [-0.2, -0.15) is 0 Å². The highest BCUT2D eigenvalue weighted by atomic mass is 16.6. The molecule has 24 heavy (non-hydrogen) atoms. The standard InChI is InChI=1S/C15H24N2O7/c1-7(18)21-6-10-12-11(16-15(24-12)17(4)5)14(23-9(3)20)13(10)22-8(2)19/h10-16H,6H2,1-5H3. The molecular weight excluding hydrogens is 320 g/mol. The molecule has 1 saturated carbocycles. The van der Waals surface area contributed by atoms with Crippen molar-refractivity contribution in [3.8, 4) is 0 Å².